The number of nitrogens with zero attached hydrogens (tertiary/aromatic N) is 3. The van der Waals surface area contributed by atoms with Crippen LogP contribution in [0.25, 0.3) is 93.4 Å². The van der Waals surface area contributed by atoms with Gasteiger partial charge in [-0.15, -0.1) is 0 Å². The number of hydrogen-bond donors (Lipinski definition) is 0. The molecule has 0 spiro atoms. The second kappa shape index (κ2) is 10.1. The summed E-state index contributed by atoms with van der Waals surface area (Å²) in [5.74, 6) is 0.440. The number of para-hydroxylation sites is 2. The third-order valence-electron chi connectivity index (χ3n) is 8.74. The molecule has 47 heavy (non-hydrogen) atoms. The first-order valence-corrected chi connectivity index (χ1v) is 15.1. The summed E-state index contributed by atoms with van der Waals surface area (Å²) < 4.78 is 99.9. The summed E-state index contributed by atoms with van der Waals surface area (Å²) in [6.45, 7) is 0. The average Bonchev–Trinajstić information content (AvgIpc) is 3.58. The summed E-state index contributed by atoms with van der Waals surface area (Å²) >= 11 is 0. The van der Waals surface area contributed by atoms with E-state index in [0.717, 1.165) is 44.0 Å². The highest BCUT2D eigenvalue weighted by Gasteiger charge is 2.18. The van der Waals surface area contributed by atoms with Crippen molar-refractivity contribution in [3.8, 4) is 28.3 Å². The Hall–Kier alpha value is -6.32. The molecule has 0 aliphatic carbocycles. The Morgan fingerprint density at radius 1 is 0.426 bits per heavy atom. The molecule has 0 aliphatic heterocycles. The van der Waals surface area contributed by atoms with Gasteiger partial charge in [0.05, 0.1) is 37.3 Å². The highest BCUT2D eigenvalue weighted by molar-refractivity contribution is 6.25. The predicted molar refractivity (Wildman–Crippen MR) is 197 cm³/mol. The van der Waals surface area contributed by atoms with E-state index in [0.29, 0.717) is 11.5 Å². The van der Waals surface area contributed by atoms with Crippen molar-refractivity contribution in [1.29, 1.82) is 0 Å². The van der Waals surface area contributed by atoms with Gasteiger partial charge in [-0.05, 0) is 73.8 Å². The van der Waals surface area contributed by atoms with E-state index in [-0.39, 0.29) is 50.0 Å². The third-order valence-corrected chi connectivity index (χ3v) is 8.74. The van der Waals surface area contributed by atoms with Gasteiger partial charge in [0, 0.05) is 21.7 Å². The van der Waals surface area contributed by atoms with Crippen molar-refractivity contribution in [1.82, 2.24) is 14.5 Å². The summed E-state index contributed by atoms with van der Waals surface area (Å²) in [5, 5.41) is 1.52. The van der Waals surface area contributed by atoms with Gasteiger partial charge < -0.3 is 0 Å². The molecule has 0 radical (unpaired) electrons. The number of benzene rings is 8. The normalized spacial score (nSPS) is 15.1. The minimum Gasteiger partial charge on any atom is -0.278 e. The van der Waals surface area contributed by atoms with Crippen LogP contribution < -0.4 is 0 Å². The van der Waals surface area contributed by atoms with Gasteiger partial charge in [0.2, 0.25) is 5.95 Å². The molecule has 2 aromatic heterocycles. The highest BCUT2D eigenvalue weighted by Crippen LogP contribution is 2.39. The molecule has 10 aromatic rings. The van der Waals surface area contributed by atoms with Gasteiger partial charge >= 0.3 is 0 Å². The summed E-state index contributed by atoms with van der Waals surface area (Å²) in [6.07, 6.45) is 0. The molecule has 3 nitrogen and oxygen atoms in total. The van der Waals surface area contributed by atoms with Crippen molar-refractivity contribution in [2.24, 2.45) is 0 Å². The number of hydrogen-bond acceptors (Lipinski definition) is 2. The van der Waals surface area contributed by atoms with Gasteiger partial charge in [0.15, 0.2) is 0 Å². The molecule has 218 valence electrons. The fourth-order valence-electron chi connectivity index (χ4n) is 6.62. The van der Waals surface area contributed by atoms with Crippen LogP contribution in [0.15, 0.2) is 164 Å². The fourth-order valence-corrected chi connectivity index (χ4v) is 6.62. The van der Waals surface area contributed by atoms with Crippen molar-refractivity contribution in [2.75, 3.05) is 0 Å². The summed E-state index contributed by atoms with van der Waals surface area (Å²) in [4.78, 5) is 10.1. The Balaban J connectivity index is 1.31. The quantitative estimate of drug-likeness (QED) is 0.187. The predicted octanol–water partition coefficient (Wildman–Crippen LogP) is 11.5. The van der Waals surface area contributed by atoms with Crippen molar-refractivity contribution < 1.29 is 15.1 Å². The zero-order valence-electron chi connectivity index (χ0n) is 35.6. The topological polar surface area (TPSA) is 30.7 Å². The molecule has 3 heteroatoms. The van der Waals surface area contributed by atoms with Crippen LogP contribution in [0.2, 0.25) is 0 Å². The average molecular weight is 609 g/mol. The van der Waals surface area contributed by atoms with E-state index in [1.807, 2.05) is 95.6 Å². The van der Waals surface area contributed by atoms with Crippen molar-refractivity contribution in [3.63, 3.8) is 0 Å². The van der Waals surface area contributed by atoms with Gasteiger partial charge in [-0.2, -0.15) is 0 Å². The van der Waals surface area contributed by atoms with Crippen LogP contribution in [0.4, 0.5) is 0 Å². The molecule has 0 aliphatic rings. The maximum Gasteiger partial charge on any atom is 0.235 e. The Bertz CT molecular complexity index is 3430. The van der Waals surface area contributed by atoms with E-state index in [2.05, 4.69) is 0 Å². The van der Waals surface area contributed by atoms with E-state index in [9.17, 15) is 4.11 Å². The van der Waals surface area contributed by atoms with Gasteiger partial charge in [-0.25, -0.2) is 9.97 Å². The lowest BCUT2D eigenvalue weighted by Crippen LogP contribution is -2.03. The molecular formula is C44H27N3. The summed E-state index contributed by atoms with van der Waals surface area (Å²) in [7, 11) is 0. The molecule has 0 atom stereocenters. The Morgan fingerprint density at radius 2 is 1.04 bits per heavy atom. The smallest absolute Gasteiger partial charge is 0.235 e. The standard InChI is InChI=1S/C44H27N3/c1-2-12-28(13-3-1)43-37-19-8-10-20-40(37)45-44(46-43)47-41-21-11-9-18-36(41)39-27-30(23-25-42(39)47)29-22-24-35-33-16-5-4-14-31(33)32-15-6-7-17-34(32)38(35)26-29/h1-27H/i4D,5D,6D,7D,14D,15D,16D,17D,22D,24D,26D. The molecule has 0 bridgehead atoms. The van der Waals surface area contributed by atoms with E-state index < -0.39 is 54.4 Å². The number of fused-ring (bicyclic) bond motifs is 10. The maximum atomic E-state index is 9.70. The van der Waals surface area contributed by atoms with Crippen molar-refractivity contribution >= 4 is 65.0 Å². The largest absolute Gasteiger partial charge is 0.278 e. The highest BCUT2D eigenvalue weighted by atomic mass is 15.2. The van der Waals surface area contributed by atoms with Crippen molar-refractivity contribution in [3.05, 3.63) is 164 Å². The molecular weight excluding hydrogens is 571 g/mol. The molecule has 0 unspecified atom stereocenters. The van der Waals surface area contributed by atoms with Gasteiger partial charge in [-0.3, -0.25) is 4.57 Å². The molecule has 0 N–H and O–H groups in total. The minimum atomic E-state index is -0.608. The molecule has 8 aromatic carbocycles. The molecule has 0 saturated heterocycles. The van der Waals surface area contributed by atoms with Gasteiger partial charge in [0.1, 0.15) is 0 Å². The molecule has 2 heterocycles. The lowest BCUT2D eigenvalue weighted by molar-refractivity contribution is 1.01. The lowest BCUT2D eigenvalue weighted by Gasteiger charge is -2.13. The number of rotatable bonds is 3. The molecule has 10 rings (SSSR count). The Labute approximate surface area is 286 Å². The first-order chi connectivity index (χ1) is 27.9. The third kappa shape index (κ3) is 3.93. The zero-order chi connectivity index (χ0) is 40.5. The molecule has 0 fully saturated rings. The zero-order valence-corrected chi connectivity index (χ0v) is 24.6. The monoisotopic (exact) mass is 608 g/mol. The van der Waals surface area contributed by atoms with Crippen molar-refractivity contribution in [2.45, 2.75) is 0 Å². The molecule has 0 saturated carbocycles. The Morgan fingerprint density at radius 3 is 1.81 bits per heavy atom. The second-order valence-corrected chi connectivity index (χ2v) is 11.3. The van der Waals surface area contributed by atoms with Crippen LogP contribution in [0.3, 0.4) is 0 Å². The fraction of sp³-hybridized carbons (Fsp3) is 0. The van der Waals surface area contributed by atoms with Crippen LogP contribution in [0, 0.1) is 0 Å². The first kappa shape index (κ1) is 17.4. The minimum absolute atomic E-state index is 0.0263. The van der Waals surface area contributed by atoms with E-state index >= 15 is 0 Å². The maximum absolute atomic E-state index is 9.70. The van der Waals surface area contributed by atoms with Gasteiger partial charge in [0.25, 0.3) is 0 Å². The van der Waals surface area contributed by atoms with E-state index in [4.69, 9.17) is 20.9 Å². The van der Waals surface area contributed by atoms with E-state index in [1.54, 1.807) is 6.07 Å². The van der Waals surface area contributed by atoms with E-state index in [1.165, 1.54) is 0 Å². The van der Waals surface area contributed by atoms with Gasteiger partial charge in [-0.1, -0.05) is 133 Å². The number of aromatic nitrogens is 3. The summed E-state index contributed by atoms with van der Waals surface area (Å²) in [6, 6.07) is 25.2. The summed E-state index contributed by atoms with van der Waals surface area (Å²) in [5.41, 5.74) is 4.43. The van der Waals surface area contributed by atoms with Crippen LogP contribution in [-0.2, 0) is 0 Å². The van der Waals surface area contributed by atoms with Crippen LogP contribution in [-0.4, -0.2) is 14.5 Å². The first-order valence-electron chi connectivity index (χ1n) is 20.6. The molecule has 0 amide bonds. The van der Waals surface area contributed by atoms with Crippen LogP contribution >= 0.6 is 0 Å². The second-order valence-electron chi connectivity index (χ2n) is 11.3. The lowest BCUT2D eigenvalue weighted by atomic mass is 9.92. The van der Waals surface area contributed by atoms with Crippen LogP contribution in [0.5, 0.6) is 0 Å². The van der Waals surface area contributed by atoms with Crippen LogP contribution in [0.1, 0.15) is 15.1 Å². The SMILES string of the molecule is [2H]c1c([2H])c([2H])c2c(c1[2H])c1c([2H])c([2H])c([2H])c([2H])c1c1c([2H])c(-c3ccc4c(c3)c3ccccc3n4-c3nc(-c4ccccc4)c4ccccc4n3)c([2H])c([2H])c21. The Kier molecular flexibility index (Phi) is 3.74.